The fourth-order valence-corrected chi connectivity index (χ4v) is 7.50. The van der Waals surface area contributed by atoms with Crippen molar-refractivity contribution >= 4 is 0 Å². The second-order valence-corrected chi connectivity index (χ2v) is 12.1. The maximum Gasteiger partial charge on any atom is -0.0297 e. The summed E-state index contributed by atoms with van der Waals surface area (Å²) in [7, 11) is 0. The maximum atomic E-state index is 2.60. The van der Waals surface area contributed by atoms with Crippen molar-refractivity contribution < 1.29 is 0 Å². The van der Waals surface area contributed by atoms with Crippen molar-refractivity contribution in [3.63, 3.8) is 0 Å². The Kier molecular flexibility index (Phi) is 9.18. The van der Waals surface area contributed by atoms with Gasteiger partial charge in [-0.25, -0.2) is 0 Å². The van der Waals surface area contributed by atoms with E-state index < -0.39 is 0 Å². The lowest BCUT2D eigenvalue weighted by Crippen LogP contribution is -2.42. The van der Waals surface area contributed by atoms with E-state index in [1.807, 2.05) is 0 Å². The average Bonchev–Trinajstić information content (AvgIpc) is 2.94. The third kappa shape index (κ3) is 4.51. The fraction of sp³-hybridized carbons (Fsp3) is 1.00. The van der Waals surface area contributed by atoms with Gasteiger partial charge in [-0.05, 0) is 76.4 Å². The van der Waals surface area contributed by atoms with E-state index in [2.05, 4.69) is 96.9 Å². The van der Waals surface area contributed by atoms with Crippen LogP contribution in [0.2, 0.25) is 0 Å². The predicted molar refractivity (Wildman–Crippen MR) is 128 cm³/mol. The highest BCUT2D eigenvalue weighted by Crippen LogP contribution is 2.58. The lowest BCUT2D eigenvalue weighted by molar-refractivity contribution is 0.00600. The Hall–Kier alpha value is 0. The predicted octanol–water partition coefficient (Wildman–Crippen LogP) is 9.05. The molecule has 0 amide bonds. The van der Waals surface area contributed by atoms with Gasteiger partial charge in [-0.1, -0.05) is 103 Å². The summed E-state index contributed by atoms with van der Waals surface area (Å²) in [6, 6.07) is 0. The molecule has 28 heavy (non-hydrogen) atoms. The standard InChI is InChI=1S/C25H48.C3H8/c1-13-14(2)18(6)23(17(13)5)21(9)25(11,12)22(10)24-19(7)15(3)16(4)20(24)8;1-3-2/h13-24H,1-12H3;3H2,1-2H3. The molecule has 2 rings (SSSR count). The van der Waals surface area contributed by atoms with Crippen LogP contribution in [-0.4, -0.2) is 0 Å². The van der Waals surface area contributed by atoms with Gasteiger partial charge in [-0.15, -0.1) is 0 Å². The molecule has 0 N–H and O–H groups in total. The lowest BCUT2D eigenvalue weighted by atomic mass is 9.57. The summed E-state index contributed by atoms with van der Waals surface area (Å²) in [5.74, 6) is 10.3. The molecule has 168 valence electrons. The molecule has 0 heteroatoms. The van der Waals surface area contributed by atoms with Crippen molar-refractivity contribution in [3.8, 4) is 0 Å². The summed E-state index contributed by atoms with van der Waals surface area (Å²) in [5, 5.41) is 0. The first-order valence-electron chi connectivity index (χ1n) is 12.8. The van der Waals surface area contributed by atoms with Crippen LogP contribution in [0.5, 0.6) is 0 Å². The zero-order valence-electron chi connectivity index (χ0n) is 22.1. The first kappa shape index (κ1) is 26.0. The highest BCUT2D eigenvalue weighted by Gasteiger charge is 2.52. The Morgan fingerprint density at radius 2 is 0.679 bits per heavy atom. The van der Waals surface area contributed by atoms with E-state index in [9.17, 15) is 0 Å². The molecule has 0 radical (unpaired) electrons. The molecule has 2 aliphatic carbocycles. The van der Waals surface area contributed by atoms with Gasteiger partial charge >= 0.3 is 0 Å². The van der Waals surface area contributed by atoms with Crippen LogP contribution in [0.25, 0.3) is 0 Å². The zero-order chi connectivity index (χ0) is 22.1. The van der Waals surface area contributed by atoms with Gasteiger partial charge in [0.05, 0.1) is 0 Å². The van der Waals surface area contributed by atoms with E-state index in [0.29, 0.717) is 5.41 Å². The molecule has 0 spiro atoms. The van der Waals surface area contributed by atoms with Gasteiger partial charge in [0.25, 0.3) is 0 Å². The zero-order valence-corrected chi connectivity index (χ0v) is 22.1. The van der Waals surface area contributed by atoms with Crippen LogP contribution < -0.4 is 0 Å². The first-order valence-corrected chi connectivity index (χ1v) is 12.8. The molecule has 10 atom stereocenters. The van der Waals surface area contributed by atoms with Crippen molar-refractivity contribution in [2.24, 2.45) is 76.4 Å². The summed E-state index contributed by atoms with van der Waals surface area (Å²) >= 11 is 0. The molecule has 0 nitrogen and oxygen atoms in total. The monoisotopic (exact) mass is 392 g/mol. The maximum absolute atomic E-state index is 2.60. The molecule has 10 unspecified atom stereocenters. The minimum atomic E-state index is 0.411. The van der Waals surface area contributed by atoms with E-state index in [1.54, 1.807) is 0 Å². The third-order valence-corrected chi connectivity index (χ3v) is 10.9. The molecule has 0 aromatic carbocycles. The normalized spacial score (nSPS) is 46.1. The molecule has 0 heterocycles. The van der Waals surface area contributed by atoms with Gasteiger partial charge in [0.2, 0.25) is 0 Å². The van der Waals surface area contributed by atoms with E-state index in [-0.39, 0.29) is 0 Å². The van der Waals surface area contributed by atoms with Crippen LogP contribution in [-0.2, 0) is 0 Å². The molecule has 0 aliphatic heterocycles. The van der Waals surface area contributed by atoms with E-state index >= 15 is 0 Å². The lowest BCUT2D eigenvalue weighted by Gasteiger charge is -2.48. The van der Waals surface area contributed by atoms with Gasteiger partial charge in [0, 0.05) is 0 Å². The van der Waals surface area contributed by atoms with Crippen molar-refractivity contribution in [1.82, 2.24) is 0 Å². The van der Waals surface area contributed by atoms with Crippen LogP contribution in [0, 0.1) is 76.4 Å². The molecule has 2 fully saturated rings. The van der Waals surface area contributed by atoms with Crippen LogP contribution >= 0.6 is 0 Å². The Balaban J connectivity index is 0.00000122. The fourth-order valence-electron chi connectivity index (χ4n) is 7.50. The second-order valence-electron chi connectivity index (χ2n) is 12.1. The van der Waals surface area contributed by atoms with Crippen LogP contribution in [0.4, 0.5) is 0 Å². The average molecular weight is 393 g/mol. The molecule has 0 aromatic rings. The smallest absolute Gasteiger partial charge is 0.0297 e. The van der Waals surface area contributed by atoms with Gasteiger partial charge in [0.15, 0.2) is 0 Å². The minimum absolute atomic E-state index is 0.411. The van der Waals surface area contributed by atoms with E-state index in [0.717, 1.165) is 71.0 Å². The quantitative estimate of drug-likeness (QED) is 0.447. The highest BCUT2D eigenvalue weighted by molar-refractivity contribution is 5.00. The summed E-state index contributed by atoms with van der Waals surface area (Å²) in [6.45, 7) is 34.8. The van der Waals surface area contributed by atoms with Crippen LogP contribution in [0.1, 0.15) is 103 Å². The van der Waals surface area contributed by atoms with Gasteiger partial charge in [-0.3, -0.25) is 0 Å². The number of hydrogen-bond acceptors (Lipinski definition) is 0. The van der Waals surface area contributed by atoms with Gasteiger partial charge in [0.1, 0.15) is 0 Å². The van der Waals surface area contributed by atoms with Crippen molar-refractivity contribution in [2.45, 2.75) is 103 Å². The molecule has 2 aliphatic rings. The SMILES string of the molecule is CC1C(C)C(C)C(C(C)C(C)(C)C(C)C2C(C)C(C)C(C)C2C)C1C.CCC. The highest BCUT2D eigenvalue weighted by atomic mass is 14.6. The number of hydrogen-bond donors (Lipinski definition) is 0. The molecular weight excluding hydrogens is 336 g/mol. The molecule has 0 aromatic heterocycles. The third-order valence-electron chi connectivity index (χ3n) is 10.9. The van der Waals surface area contributed by atoms with Crippen molar-refractivity contribution in [3.05, 3.63) is 0 Å². The van der Waals surface area contributed by atoms with Crippen LogP contribution in [0.15, 0.2) is 0 Å². The van der Waals surface area contributed by atoms with Gasteiger partial charge < -0.3 is 0 Å². The molecular formula is C28H56. The Labute approximate surface area is 180 Å². The Morgan fingerprint density at radius 1 is 0.500 bits per heavy atom. The first-order chi connectivity index (χ1) is 12.8. The molecule has 0 bridgehead atoms. The summed E-state index contributed by atoms with van der Waals surface area (Å²) in [5.41, 5.74) is 0.411. The summed E-state index contributed by atoms with van der Waals surface area (Å²) in [6.07, 6.45) is 1.25. The summed E-state index contributed by atoms with van der Waals surface area (Å²) in [4.78, 5) is 0. The largest absolute Gasteiger partial charge is 0.0656 e. The van der Waals surface area contributed by atoms with Crippen molar-refractivity contribution in [1.29, 1.82) is 0 Å². The Bertz CT molecular complexity index is 395. The van der Waals surface area contributed by atoms with Gasteiger partial charge in [-0.2, -0.15) is 0 Å². The van der Waals surface area contributed by atoms with E-state index in [4.69, 9.17) is 0 Å². The van der Waals surface area contributed by atoms with E-state index in [1.165, 1.54) is 6.42 Å². The number of rotatable bonds is 4. The molecule has 2 saturated carbocycles. The Morgan fingerprint density at radius 3 is 0.857 bits per heavy atom. The topological polar surface area (TPSA) is 0 Å². The molecule has 0 saturated heterocycles. The minimum Gasteiger partial charge on any atom is -0.0656 e. The van der Waals surface area contributed by atoms with Crippen LogP contribution in [0.3, 0.4) is 0 Å². The van der Waals surface area contributed by atoms with Crippen molar-refractivity contribution in [2.75, 3.05) is 0 Å². The summed E-state index contributed by atoms with van der Waals surface area (Å²) < 4.78 is 0. The second kappa shape index (κ2) is 9.87.